The molecule has 0 spiro atoms. The Hall–Kier alpha value is -2.02. The second-order valence-corrected chi connectivity index (χ2v) is 9.65. The maximum atomic E-state index is 12.5. The summed E-state index contributed by atoms with van der Waals surface area (Å²) in [5.74, 6) is 0.235. The lowest BCUT2D eigenvalue weighted by atomic mass is 9.97. The van der Waals surface area contributed by atoms with Crippen LogP contribution in [0.1, 0.15) is 24.8 Å². The highest BCUT2D eigenvalue weighted by Gasteiger charge is 2.29. The van der Waals surface area contributed by atoms with Crippen molar-refractivity contribution in [3.63, 3.8) is 0 Å². The van der Waals surface area contributed by atoms with Crippen molar-refractivity contribution >= 4 is 40.9 Å². The summed E-state index contributed by atoms with van der Waals surface area (Å²) in [7, 11) is 0. The molecule has 2 atom stereocenters. The van der Waals surface area contributed by atoms with Crippen LogP contribution in [-0.2, 0) is 16.1 Å². The van der Waals surface area contributed by atoms with Crippen molar-refractivity contribution in [2.75, 3.05) is 25.0 Å². The molecule has 2 aliphatic heterocycles. The lowest BCUT2D eigenvalue weighted by Crippen LogP contribution is -2.41. The first-order valence-corrected chi connectivity index (χ1v) is 11.6. The fourth-order valence-corrected chi connectivity index (χ4v) is 5.32. The molecule has 0 radical (unpaired) electrons. The van der Waals surface area contributed by atoms with Crippen molar-refractivity contribution in [2.24, 2.45) is 5.92 Å². The van der Waals surface area contributed by atoms with Gasteiger partial charge in [0.25, 0.3) is 0 Å². The molecule has 2 aromatic carbocycles. The molecular formula is C23H26ClN3O2S. The quantitative estimate of drug-likeness (QED) is 0.703. The highest BCUT2D eigenvalue weighted by atomic mass is 35.5. The number of hydrogen-bond donors (Lipinski definition) is 2. The summed E-state index contributed by atoms with van der Waals surface area (Å²) >= 11 is 7.41. The Kier molecular flexibility index (Phi) is 6.97. The standard InChI is InChI=1S/C23H26ClN3O2S/c24-18-8-9-20-19(11-18)26-23(29)21(30-20)12-22(28)25-13-17-7-4-10-27(15-17)14-16-5-2-1-3-6-16/h1-3,5-6,8-9,11,17,21H,4,7,10,12-15H2,(H,25,28)(H,26,29). The number of anilines is 1. The number of nitrogens with zero attached hydrogens (tertiary/aromatic N) is 1. The van der Waals surface area contributed by atoms with Crippen LogP contribution in [0.25, 0.3) is 0 Å². The largest absolute Gasteiger partial charge is 0.356 e. The topological polar surface area (TPSA) is 61.4 Å². The smallest absolute Gasteiger partial charge is 0.238 e. The monoisotopic (exact) mass is 443 g/mol. The third kappa shape index (κ3) is 5.56. The van der Waals surface area contributed by atoms with Gasteiger partial charge in [0.05, 0.1) is 10.9 Å². The predicted octanol–water partition coefficient (Wildman–Crippen LogP) is 4.17. The van der Waals surface area contributed by atoms with Crippen LogP contribution >= 0.6 is 23.4 Å². The number of rotatable bonds is 6. The van der Waals surface area contributed by atoms with Gasteiger partial charge in [-0.1, -0.05) is 41.9 Å². The summed E-state index contributed by atoms with van der Waals surface area (Å²) < 4.78 is 0. The van der Waals surface area contributed by atoms with Crippen LogP contribution in [0.2, 0.25) is 5.02 Å². The average molecular weight is 444 g/mol. The first-order chi connectivity index (χ1) is 14.6. The minimum Gasteiger partial charge on any atom is -0.356 e. The molecule has 5 nitrogen and oxygen atoms in total. The van der Waals surface area contributed by atoms with E-state index < -0.39 is 5.25 Å². The predicted molar refractivity (Wildman–Crippen MR) is 122 cm³/mol. The van der Waals surface area contributed by atoms with Gasteiger partial charge in [-0.25, -0.2) is 0 Å². The van der Waals surface area contributed by atoms with Gasteiger partial charge in [-0.05, 0) is 49.1 Å². The SMILES string of the molecule is O=C(CC1Sc2ccc(Cl)cc2NC1=O)NCC1CCCN(Cc2ccccc2)C1. The molecule has 2 unspecified atom stereocenters. The molecule has 2 heterocycles. The zero-order chi connectivity index (χ0) is 20.9. The molecule has 2 aliphatic rings. The van der Waals surface area contributed by atoms with Crippen molar-refractivity contribution in [1.82, 2.24) is 10.2 Å². The number of nitrogens with one attached hydrogen (secondary N) is 2. The maximum absolute atomic E-state index is 12.5. The van der Waals surface area contributed by atoms with Crippen LogP contribution in [0.4, 0.5) is 5.69 Å². The third-order valence-electron chi connectivity index (χ3n) is 5.57. The van der Waals surface area contributed by atoms with Crippen LogP contribution in [0, 0.1) is 5.92 Å². The van der Waals surface area contributed by atoms with Crippen LogP contribution in [0.5, 0.6) is 0 Å². The zero-order valence-corrected chi connectivity index (χ0v) is 18.3. The third-order valence-corrected chi connectivity index (χ3v) is 7.08. The Morgan fingerprint density at radius 3 is 2.90 bits per heavy atom. The highest BCUT2D eigenvalue weighted by Crippen LogP contribution is 2.38. The van der Waals surface area contributed by atoms with E-state index >= 15 is 0 Å². The number of carbonyl (C=O) groups is 2. The van der Waals surface area contributed by atoms with Crippen molar-refractivity contribution in [2.45, 2.75) is 36.0 Å². The molecule has 158 valence electrons. The lowest BCUT2D eigenvalue weighted by molar-refractivity contribution is -0.124. The molecule has 30 heavy (non-hydrogen) atoms. The molecule has 0 bridgehead atoms. The van der Waals surface area contributed by atoms with Gasteiger partial charge in [0.15, 0.2) is 0 Å². The lowest BCUT2D eigenvalue weighted by Gasteiger charge is -2.33. The van der Waals surface area contributed by atoms with E-state index in [2.05, 4.69) is 39.8 Å². The van der Waals surface area contributed by atoms with Gasteiger partial charge in [0.1, 0.15) is 0 Å². The Labute approximate surface area is 186 Å². The summed E-state index contributed by atoms with van der Waals surface area (Å²) in [6.07, 6.45) is 2.45. The Morgan fingerprint density at radius 2 is 2.07 bits per heavy atom. The first kappa shape index (κ1) is 21.2. The summed E-state index contributed by atoms with van der Waals surface area (Å²) in [6.45, 7) is 3.70. The van der Waals surface area contributed by atoms with E-state index in [4.69, 9.17) is 11.6 Å². The van der Waals surface area contributed by atoms with E-state index in [1.54, 1.807) is 12.1 Å². The maximum Gasteiger partial charge on any atom is 0.238 e. The molecule has 2 aromatic rings. The summed E-state index contributed by atoms with van der Waals surface area (Å²) in [6, 6.07) is 15.9. The summed E-state index contributed by atoms with van der Waals surface area (Å²) in [5.41, 5.74) is 2.04. The number of benzene rings is 2. The molecule has 1 saturated heterocycles. The molecule has 2 amide bonds. The molecule has 0 saturated carbocycles. The molecular weight excluding hydrogens is 418 g/mol. The number of likely N-dealkylation sites (tertiary alicyclic amines) is 1. The fraction of sp³-hybridized carbons (Fsp3) is 0.391. The van der Waals surface area contributed by atoms with Gasteiger partial charge in [0.2, 0.25) is 11.8 Å². The van der Waals surface area contributed by atoms with E-state index in [0.717, 1.165) is 43.1 Å². The normalized spacial score (nSPS) is 21.6. The zero-order valence-electron chi connectivity index (χ0n) is 16.8. The molecule has 1 fully saturated rings. The molecule has 4 rings (SSSR count). The highest BCUT2D eigenvalue weighted by molar-refractivity contribution is 8.01. The molecule has 7 heteroatoms. The van der Waals surface area contributed by atoms with Gasteiger partial charge in [0, 0.05) is 36.0 Å². The first-order valence-electron chi connectivity index (χ1n) is 10.4. The number of halogens is 1. The minimum atomic E-state index is -0.417. The van der Waals surface area contributed by atoms with Crippen molar-refractivity contribution in [3.05, 3.63) is 59.1 Å². The minimum absolute atomic E-state index is 0.0692. The van der Waals surface area contributed by atoms with Crippen LogP contribution in [0.3, 0.4) is 0 Å². The van der Waals surface area contributed by atoms with E-state index in [1.165, 1.54) is 17.3 Å². The van der Waals surface area contributed by atoms with E-state index in [1.807, 2.05) is 12.1 Å². The van der Waals surface area contributed by atoms with Crippen LogP contribution in [0.15, 0.2) is 53.4 Å². The average Bonchev–Trinajstić information content (AvgIpc) is 2.74. The van der Waals surface area contributed by atoms with E-state index in [0.29, 0.717) is 17.5 Å². The molecule has 2 N–H and O–H groups in total. The van der Waals surface area contributed by atoms with Gasteiger partial charge in [-0.2, -0.15) is 0 Å². The van der Waals surface area contributed by atoms with Crippen LogP contribution in [-0.4, -0.2) is 41.6 Å². The fourth-order valence-electron chi connectivity index (χ4n) is 4.06. The molecule has 0 aromatic heterocycles. The number of carbonyl (C=O) groups excluding carboxylic acids is 2. The summed E-state index contributed by atoms with van der Waals surface area (Å²) in [4.78, 5) is 28.3. The Morgan fingerprint density at radius 1 is 1.23 bits per heavy atom. The number of piperidine rings is 1. The number of hydrogen-bond acceptors (Lipinski definition) is 4. The Bertz CT molecular complexity index is 909. The van der Waals surface area contributed by atoms with E-state index in [-0.39, 0.29) is 18.2 Å². The second-order valence-electron chi connectivity index (χ2n) is 7.97. The Balaban J connectivity index is 1.24. The van der Waals surface area contributed by atoms with Crippen molar-refractivity contribution in [1.29, 1.82) is 0 Å². The molecule has 0 aliphatic carbocycles. The van der Waals surface area contributed by atoms with E-state index in [9.17, 15) is 9.59 Å². The van der Waals surface area contributed by atoms with Crippen molar-refractivity contribution in [3.8, 4) is 0 Å². The number of fused-ring (bicyclic) bond motifs is 1. The number of amides is 2. The van der Waals surface area contributed by atoms with Gasteiger partial charge in [-0.3, -0.25) is 14.5 Å². The van der Waals surface area contributed by atoms with Gasteiger partial charge >= 0.3 is 0 Å². The number of thioether (sulfide) groups is 1. The van der Waals surface area contributed by atoms with Gasteiger partial charge in [-0.15, -0.1) is 11.8 Å². The van der Waals surface area contributed by atoms with Crippen molar-refractivity contribution < 1.29 is 9.59 Å². The summed E-state index contributed by atoms with van der Waals surface area (Å²) in [5, 5.41) is 6.08. The second kappa shape index (κ2) is 9.86. The van der Waals surface area contributed by atoms with Gasteiger partial charge < -0.3 is 10.6 Å². The van der Waals surface area contributed by atoms with Crippen LogP contribution < -0.4 is 10.6 Å².